The minimum atomic E-state index is -2.82. The zero-order valence-corrected chi connectivity index (χ0v) is 11.9. The molecule has 21 heavy (non-hydrogen) atoms. The van der Waals surface area contributed by atoms with Gasteiger partial charge in [0, 0.05) is 11.1 Å². The number of methoxy groups -OCH3 is 1. The van der Waals surface area contributed by atoms with Crippen LogP contribution in [0.3, 0.4) is 0 Å². The molecule has 0 bridgehead atoms. The molecule has 0 aromatic carbocycles. The molecule has 1 amide bonds. The molecular weight excluding hydrogens is 304 g/mol. The molecule has 9 heteroatoms. The van der Waals surface area contributed by atoms with Gasteiger partial charge in [0.1, 0.15) is 5.00 Å². The Morgan fingerprint density at radius 2 is 2.19 bits per heavy atom. The van der Waals surface area contributed by atoms with Gasteiger partial charge in [-0.2, -0.15) is 13.9 Å². The quantitative estimate of drug-likeness (QED) is 0.880. The van der Waals surface area contributed by atoms with E-state index in [1.165, 1.54) is 24.5 Å². The van der Waals surface area contributed by atoms with Crippen molar-refractivity contribution in [1.29, 1.82) is 0 Å². The minimum absolute atomic E-state index is 0.169. The summed E-state index contributed by atoms with van der Waals surface area (Å²) in [5.41, 5.74) is 0.0406. The number of alkyl halides is 2. The fourth-order valence-electron chi connectivity index (χ4n) is 1.60. The molecule has 2 aromatic rings. The van der Waals surface area contributed by atoms with Crippen molar-refractivity contribution in [3.63, 3.8) is 0 Å². The number of amides is 1. The molecule has 0 spiro atoms. The van der Waals surface area contributed by atoms with Gasteiger partial charge in [0.25, 0.3) is 5.91 Å². The topological polar surface area (TPSA) is 73.2 Å². The first kappa shape index (κ1) is 15.1. The van der Waals surface area contributed by atoms with E-state index in [4.69, 9.17) is 0 Å². The van der Waals surface area contributed by atoms with Crippen molar-refractivity contribution in [3.05, 3.63) is 34.5 Å². The van der Waals surface area contributed by atoms with Gasteiger partial charge >= 0.3 is 12.5 Å². The number of aromatic nitrogens is 2. The highest BCUT2D eigenvalue weighted by Crippen LogP contribution is 2.28. The molecule has 2 heterocycles. The van der Waals surface area contributed by atoms with Gasteiger partial charge in [-0.05, 0) is 19.1 Å². The van der Waals surface area contributed by atoms with Crippen LogP contribution in [0.4, 0.5) is 13.8 Å². The third-order valence-corrected chi connectivity index (χ3v) is 3.49. The number of rotatable bonds is 4. The molecule has 0 saturated carbocycles. The Balaban J connectivity index is 2.21. The number of carbonyl (C=O) groups excluding carboxylic acids is 2. The summed E-state index contributed by atoms with van der Waals surface area (Å²) >= 11 is 1.18. The maximum Gasteiger partial charge on any atom is 0.340 e. The van der Waals surface area contributed by atoms with Crippen LogP contribution in [0.5, 0.6) is 0 Å². The van der Waals surface area contributed by atoms with E-state index in [0.717, 1.165) is 11.1 Å². The maximum absolute atomic E-state index is 12.4. The van der Waals surface area contributed by atoms with Gasteiger partial charge in [-0.15, -0.1) is 11.3 Å². The Bertz CT molecular complexity index is 681. The highest BCUT2D eigenvalue weighted by atomic mass is 32.1. The maximum atomic E-state index is 12.4. The standard InChI is InChI=1S/C12H11F2N3O3S/c1-6-5-7(11(19)20-2)10(21-6)15-9(18)8-3-4-17(16-8)12(13)14/h3-5,12H,1-2H3,(H,15,18). The molecule has 2 rings (SSSR count). The summed E-state index contributed by atoms with van der Waals surface area (Å²) in [6.45, 7) is -1.06. The van der Waals surface area contributed by atoms with Gasteiger partial charge in [0.2, 0.25) is 0 Å². The molecule has 112 valence electrons. The third kappa shape index (κ3) is 3.24. The van der Waals surface area contributed by atoms with Crippen LogP contribution in [-0.4, -0.2) is 28.8 Å². The van der Waals surface area contributed by atoms with Crippen LogP contribution < -0.4 is 5.32 Å². The monoisotopic (exact) mass is 315 g/mol. The van der Waals surface area contributed by atoms with Crippen molar-refractivity contribution >= 4 is 28.2 Å². The number of anilines is 1. The minimum Gasteiger partial charge on any atom is -0.465 e. The van der Waals surface area contributed by atoms with Crippen LogP contribution in [0.2, 0.25) is 0 Å². The summed E-state index contributed by atoms with van der Waals surface area (Å²) in [6.07, 6.45) is 1.00. The predicted molar refractivity (Wildman–Crippen MR) is 71.8 cm³/mol. The summed E-state index contributed by atoms with van der Waals surface area (Å²) in [4.78, 5) is 24.3. The lowest BCUT2D eigenvalue weighted by atomic mass is 10.3. The second kappa shape index (κ2) is 6.00. The number of nitrogens with one attached hydrogen (secondary N) is 1. The lowest BCUT2D eigenvalue weighted by molar-refractivity contribution is 0.0560. The average Bonchev–Trinajstić information content (AvgIpc) is 3.04. The summed E-state index contributed by atoms with van der Waals surface area (Å²) in [5.74, 6) is -1.27. The molecule has 0 radical (unpaired) electrons. The normalized spacial score (nSPS) is 10.7. The molecule has 2 aromatic heterocycles. The van der Waals surface area contributed by atoms with E-state index >= 15 is 0 Å². The van der Waals surface area contributed by atoms with E-state index in [1.54, 1.807) is 13.0 Å². The predicted octanol–water partition coefficient (Wildman–Crippen LogP) is 2.69. The number of hydrogen-bond acceptors (Lipinski definition) is 5. The van der Waals surface area contributed by atoms with Gasteiger partial charge in [0.15, 0.2) is 5.69 Å². The van der Waals surface area contributed by atoms with Crippen molar-refractivity contribution in [2.24, 2.45) is 0 Å². The van der Waals surface area contributed by atoms with Crippen LogP contribution in [0, 0.1) is 6.92 Å². The number of carbonyl (C=O) groups is 2. The van der Waals surface area contributed by atoms with E-state index < -0.39 is 18.4 Å². The Hall–Kier alpha value is -2.29. The van der Waals surface area contributed by atoms with Crippen molar-refractivity contribution in [3.8, 4) is 0 Å². The second-order valence-electron chi connectivity index (χ2n) is 4.00. The highest BCUT2D eigenvalue weighted by molar-refractivity contribution is 7.16. The number of esters is 1. The first-order chi connectivity index (χ1) is 9.92. The first-order valence-corrected chi connectivity index (χ1v) is 6.57. The largest absolute Gasteiger partial charge is 0.465 e. The van der Waals surface area contributed by atoms with Crippen molar-refractivity contribution in [2.75, 3.05) is 12.4 Å². The second-order valence-corrected chi connectivity index (χ2v) is 5.26. The van der Waals surface area contributed by atoms with E-state index in [9.17, 15) is 18.4 Å². The number of ether oxygens (including phenoxy) is 1. The number of nitrogens with zero attached hydrogens (tertiary/aromatic N) is 2. The molecule has 1 N–H and O–H groups in total. The molecule has 0 aliphatic carbocycles. The van der Waals surface area contributed by atoms with E-state index in [1.807, 2.05) is 0 Å². The van der Waals surface area contributed by atoms with Gasteiger partial charge in [-0.3, -0.25) is 4.79 Å². The number of halogens is 2. The van der Waals surface area contributed by atoms with Crippen LogP contribution in [0.15, 0.2) is 18.3 Å². The molecule has 0 unspecified atom stereocenters. The van der Waals surface area contributed by atoms with Crippen LogP contribution >= 0.6 is 11.3 Å². The lowest BCUT2D eigenvalue weighted by Crippen LogP contribution is -2.15. The Morgan fingerprint density at radius 3 is 2.76 bits per heavy atom. The van der Waals surface area contributed by atoms with Gasteiger partial charge in [-0.25, -0.2) is 9.48 Å². The number of hydrogen-bond donors (Lipinski definition) is 1. The summed E-state index contributed by atoms with van der Waals surface area (Å²) in [7, 11) is 1.23. The first-order valence-electron chi connectivity index (χ1n) is 5.75. The molecule has 0 aliphatic heterocycles. The lowest BCUT2D eigenvalue weighted by Gasteiger charge is -2.03. The zero-order valence-electron chi connectivity index (χ0n) is 11.1. The van der Waals surface area contributed by atoms with Gasteiger partial charge in [0.05, 0.1) is 12.7 Å². The van der Waals surface area contributed by atoms with Crippen LogP contribution in [-0.2, 0) is 4.74 Å². The van der Waals surface area contributed by atoms with Gasteiger partial charge < -0.3 is 10.1 Å². The highest BCUT2D eigenvalue weighted by Gasteiger charge is 2.19. The number of aryl methyl sites for hydroxylation is 1. The average molecular weight is 315 g/mol. The van der Waals surface area contributed by atoms with Crippen molar-refractivity contribution in [1.82, 2.24) is 9.78 Å². The van der Waals surface area contributed by atoms with E-state index in [-0.39, 0.29) is 16.3 Å². The molecular formula is C12H11F2N3O3S. The summed E-state index contributed by atoms with van der Waals surface area (Å²) in [6, 6.07) is 2.74. The fourth-order valence-corrected chi connectivity index (χ4v) is 2.50. The number of thiophene rings is 1. The summed E-state index contributed by atoms with van der Waals surface area (Å²) < 4.78 is 29.8. The Labute approximate surface area is 122 Å². The third-order valence-electron chi connectivity index (χ3n) is 2.53. The molecule has 0 atom stereocenters. The zero-order chi connectivity index (χ0) is 15.6. The van der Waals surface area contributed by atoms with E-state index in [0.29, 0.717) is 4.68 Å². The Morgan fingerprint density at radius 1 is 1.48 bits per heavy atom. The molecule has 0 fully saturated rings. The fraction of sp³-hybridized carbons (Fsp3) is 0.250. The van der Waals surface area contributed by atoms with E-state index in [2.05, 4.69) is 15.2 Å². The summed E-state index contributed by atoms with van der Waals surface area (Å²) in [5, 5.41) is 6.21. The molecule has 0 saturated heterocycles. The van der Waals surface area contributed by atoms with Crippen LogP contribution in [0.1, 0.15) is 32.3 Å². The van der Waals surface area contributed by atoms with Crippen molar-refractivity contribution < 1.29 is 23.1 Å². The molecule has 0 aliphatic rings. The molecule has 6 nitrogen and oxygen atoms in total. The smallest absolute Gasteiger partial charge is 0.340 e. The van der Waals surface area contributed by atoms with Crippen LogP contribution in [0.25, 0.3) is 0 Å². The van der Waals surface area contributed by atoms with Gasteiger partial charge in [-0.1, -0.05) is 0 Å². The van der Waals surface area contributed by atoms with Crippen molar-refractivity contribution in [2.45, 2.75) is 13.5 Å². The Kier molecular flexibility index (Phi) is 4.32. The SMILES string of the molecule is COC(=O)c1cc(C)sc1NC(=O)c1ccn(C(F)F)n1.